The molecule has 0 amide bonds. The molecule has 1 N–H and O–H groups in total. The average Bonchev–Trinajstić information content (AvgIpc) is 2.44. The maximum atomic E-state index is 13.1. The highest BCUT2D eigenvalue weighted by atomic mass is 16.3. The lowest BCUT2D eigenvalue weighted by Crippen LogP contribution is -2.77. The summed E-state index contributed by atoms with van der Waals surface area (Å²) in [4.78, 5) is 17.9. The van der Waals surface area contributed by atoms with E-state index in [1.807, 2.05) is 18.2 Å². The van der Waals surface area contributed by atoms with Crippen LogP contribution in [0.3, 0.4) is 0 Å². The molecule has 1 aromatic rings. The summed E-state index contributed by atoms with van der Waals surface area (Å²) < 4.78 is 0. The lowest BCUT2D eigenvalue weighted by molar-refractivity contribution is -0.207. The molecule has 0 saturated carbocycles. The second-order valence-electron chi connectivity index (χ2n) is 7.94. The monoisotopic (exact) mass is 300 g/mol. The van der Waals surface area contributed by atoms with Crippen LogP contribution in [0.25, 0.3) is 0 Å². The molecule has 4 heterocycles. The molecule has 4 nitrogen and oxygen atoms in total. The van der Waals surface area contributed by atoms with Crippen LogP contribution >= 0.6 is 0 Å². The molecule has 4 fully saturated rings. The molecule has 118 valence electrons. The van der Waals surface area contributed by atoms with E-state index in [1.165, 1.54) is 0 Å². The number of carbonyl (C=O) groups excluding carboxylic acids is 1. The van der Waals surface area contributed by atoms with Gasteiger partial charge in [0.1, 0.15) is 11.5 Å². The van der Waals surface area contributed by atoms with Crippen LogP contribution in [0.2, 0.25) is 0 Å². The van der Waals surface area contributed by atoms with Crippen LogP contribution in [0.5, 0.6) is 5.75 Å². The number of aromatic hydroxyl groups is 1. The summed E-state index contributed by atoms with van der Waals surface area (Å²) in [5, 5.41) is 10.3. The van der Waals surface area contributed by atoms with Gasteiger partial charge in [0.05, 0.1) is 17.0 Å². The molecule has 4 bridgehead atoms. The van der Waals surface area contributed by atoms with Crippen LogP contribution in [-0.4, -0.2) is 46.9 Å². The van der Waals surface area contributed by atoms with Crippen molar-refractivity contribution in [3.63, 3.8) is 0 Å². The largest absolute Gasteiger partial charge is 0.508 e. The highest BCUT2D eigenvalue weighted by Gasteiger charge is 2.64. The van der Waals surface area contributed by atoms with Crippen molar-refractivity contribution in [3.8, 4) is 5.75 Å². The number of phenols is 1. The summed E-state index contributed by atoms with van der Waals surface area (Å²) in [5.41, 5.74) is 0.463. The van der Waals surface area contributed by atoms with Crippen molar-refractivity contribution in [1.82, 2.24) is 9.80 Å². The summed E-state index contributed by atoms with van der Waals surface area (Å²) in [7, 11) is 0. The molecule has 4 saturated heterocycles. The SMILES string of the molecule is CC(C)C12CN3CC(C)(CN(C1)C3c1ccccc1O)C2=O. The number of Topliss-reactive ketones (excluding diaryl/α,β-unsaturated/α-hetero) is 1. The molecule has 0 aliphatic carbocycles. The van der Waals surface area contributed by atoms with Gasteiger partial charge in [-0.15, -0.1) is 0 Å². The highest BCUT2D eigenvalue weighted by molar-refractivity contribution is 5.93. The molecule has 4 aliphatic rings. The number of para-hydroxylation sites is 1. The van der Waals surface area contributed by atoms with Crippen molar-refractivity contribution in [2.45, 2.75) is 26.9 Å². The average molecular weight is 300 g/mol. The first-order chi connectivity index (χ1) is 10.4. The number of piperidine rings is 2. The third kappa shape index (κ3) is 1.62. The quantitative estimate of drug-likeness (QED) is 0.910. The zero-order valence-electron chi connectivity index (χ0n) is 13.5. The third-order valence-corrected chi connectivity index (χ3v) is 6.09. The third-order valence-electron chi connectivity index (χ3n) is 6.09. The van der Waals surface area contributed by atoms with Crippen LogP contribution < -0.4 is 0 Å². The Hall–Kier alpha value is -1.39. The van der Waals surface area contributed by atoms with Crippen LogP contribution in [0.1, 0.15) is 32.5 Å². The van der Waals surface area contributed by atoms with E-state index in [-0.39, 0.29) is 17.0 Å². The van der Waals surface area contributed by atoms with Gasteiger partial charge in [-0.1, -0.05) is 39.0 Å². The molecular formula is C18H24N2O2. The van der Waals surface area contributed by atoms with Crippen LogP contribution in [0.4, 0.5) is 0 Å². The zero-order chi connectivity index (χ0) is 15.7. The predicted molar refractivity (Wildman–Crippen MR) is 84.4 cm³/mol. The van der Waals surface area contributed by atoms with Gasteiger partial charge in [-0.3, -0.25) is 14.6 Å². The lowest BCUT2D eigenvalue weighted by Gasteiger charge is -2.66. The van der Waals surface area contributed by atoms with Gasteiger partial charge >= 0.3 is 0 Å². The second-order valence-corrected chi connectivity index (χ2v) is 7.94. The summed E-state index contributed by atoms with van der Waals surface area (Å²) in [6, 6.07) is 7.61. The van der Waals surface area contributed by atoms with E-state index in [2.05, 4.69) is 30.6 Å². The number of ketones is 1. The first-order valence-electron chi connectivity index (χ1n) is 8.18. The number of hydrogen-bond donors (Lipinski definition) is 1. The van der Waals surface area contributed by atoms with Gasteiger partial charge < -0.3 is 5.11 Å². The molecule has 0 radical (unpaired) electrons. The number of rotatable bonds is 2. The van der Waals surface area contributed by atoms with Gasteiger partial charge in [0.25, 0.3) is 0 Å². The van der Waals surface area contributed by atoms with Crippen molar-refractivity contribution < 1.29 is 9.90 Å². The minimum Gasteiger partial charge on any atom is -0.508 e. The van der Waals surface area contributed by atoms with Crippen LogP contribution in [-0.2, 0) is 4.79 Å². The molecule has 22 heavy (non-hydrogen) atoms. The molecule has 2 unspecified atom stereocenters. The minimum atomic E-state index is -0.262. The Labute approximate surface area is 131 Å². The summed E-state index contributed by atoms with van der Waals surface area (Å²) in [6.45, 7) is 9.69. The van der Waals surface area contributed by atoms with Crippen LogP contribution in [0, 0.1) is 16.7 Å². The van der Waals surface area contributed by atoms with Gasteiger partial charge in [0.15, 0.2) is 0 Å². The minimum absolute atomic E-state index is 0.106. The number of carbonyl (C=O) groups is 1. The number of hydrogen-bond acceptors (Lipinski definition) is 4. The van der Waals surface area contributed by atoms with Crippen molar-refractivity contribution in [2.24, 2.45) is 16.7 Å². The normalized spacial score (nSPS) is 43.1. The fourth-order valence-corrected chi connectivity index (χ4v) is 5.02. The molecule has 0 aromatic heterocycles. The topological polar surface area (TPSA) is 43.8 Å². The predicted octanol–water partition coefficient (Wildman–Crippen LogP) is 2.25. The summed E-state index contributed by atoms with van der Waals surface area (Å²) >= 11 is 0. The van der Waals surface area contributed by atoms with Gasteiger partial charge in [-0.05, 0) is 12.0 Å². The summed E-state index contributed by atoms with van der Waals surface area (Å²) in [5.74, 6) is 1.16. The molecule has 5 rings (SSSR count). The molecule has 0 spiro atoms. The summed E-state index contributed by atoms with van der Waals surface area (Å²) in [6.07, 6.45) is 0.106. The van der Waals surface area contributed by atoms with E-state index in [4.69, 9.17) is 0 Å². The van der Waals surface area contributed by atoms with Gasteiger partial charge in [0.2, 0.25) is 0 Å². The molecular weight excluding hydrogens is 276 g/mol. The maximum absolute atomic E-state index is 13.1. The smallest absolute Gasteiger partial charge is 0.150 e. The van der Waals surface area contributed by atoms with E-state index in [1.54, 1.807) is 6.07 Å². The first kappa shape index (κ1) is 14.2. The fraction of sp³-hybridized carbons (Fsp3) is 0.611. The Balaban J connectivity index is 1.79. The van der Waals surface area contributed by atoms with Crippen molar-refractivity contribution >= 4 is 5.78 Å². The van der Waals surface area contributed by atoms with Gasteiger partial charge in [0, 0.05) is 31.7 Å². The van der Waals surface area contributed by atoms with Crippen molar-refractivity contribution in [2.75, 3.05) is 26.2 Å². The standard InChI is InChI=1S/C18H24N2O2/c1-12(2)18-10-19-8-17(3,16(18)22)9-20(11-18)15(19)13-6-4-5-7-14(13)21/h4-7,12,15,21H,8-11H2,1-3H3. The zero-order valence-corrected chi connectivity index (χ0v) is 13.5. The first-order valence-corrected chi connectivity index (χ1v) is 8.18. The Bertz CT molecular complexity index is 624. The lowest BCUT2D eigenvalue weighted by atomic mass is 9.57. The van der Waals surface area contributed by atoms with E-state index in [9.17, 15) is 9.90 Å². The fourth-order valence-electron chi connectivity index (χ4n) is 5.02. The Morgan fingerprint density at radius 2 is 1.73 bits per heavy atom. The van der Waals surface area contributed by atoms with E-state index in [0.29, 0.717) is 17.5 Å². The van der Waals surface area contributed by atoms with Crippen LogP contribution in [0.15, 0.2) is 24.3 Å². The van der Waals surface area contributed by atoms with Crippen molar-refractivity contribution in [1.29, 1.82) is 0 Å². The maximum Gasteiger partial charge on any atom is 0.150 e. The molecule has 2 atom stereocenters. The molecule has 4 heteroatoms. The molecule has 1 aromatic carbocycles. The number of benzene rings is 1. The Morgan fingerprint density at radius 1 is 1.14 bits per heavy atom. The molecule has 4 aliphatic heterocycles. The Kier molecular flexibility index (Phi) is 2.80. The van der Waals surface area contributed by atoms with E-state index in [0.717, 1.165) is 31.7 Å². The van der Waals surface area contributed by atoms with Gasteiger partial charge in [-0.2, -0.15) is 0 Å². The number of nitrogens with zero attached hydrogens (tertiary/aromatic N) is 2. The highest BCUT2D eigenvalue weighted by Crippen LogP contribution is 2.55. The Morgan fingerprint density at radius 3 is 2.27 bits per heavy atom. The van der Waals surface area contributed by atoms with Gasteiger partial charge in [-0.25, -0.2) is 0 Å². The number of phenolic OH excluding ortho intramolecular Hbond substituents is 1. The van der Waals surface area contributed by atoms with E-state index >= 15 is 0 Å². The second kappa shape index (κ2) is 4.33. The van der Waals surface area contributed by atoms with E-state index < -0.39 is 0 Å². The van der Waals surface area contributed by atoms with Crippen molar-refractivity contribution in [3.05, 3.63) is 29.8 Å².